The first-order valence-corrected chi connectivity index (χ1v) is 11.4. The first kappa shape index (κ1) is 21.0. The normalized spacial score (nSPS) is 17.6. The van der Waals surface area contributed by atoms with Crippen LogP contribution in [0.2, 0.25) is 0 Å². The van der Waals surface area contributed by atoms with Gasteiger partial charge >= 0.3 is 0 Å². The third kappa shape index (κ3) is 3.79. The number of ketones is 1. The standard InChI is InChI=1S/C27H21NO4S/c1-32-21-9-4-8-19(15-21)24-23(26(30)27(31)28(24)16-22-10-5-13-33-22)25(29)20-12-11-17-6-2-3-7-18(17)14-20/h2-15,24,29H,16H2,1H3/b25-23-. The van der Waals surface area contributed by atoms with E-state index in [4.69, 9.17) is 4.74 Å². The minimum atomic E-state index is -0.728. The summed E-state index contributed by atoms with van der Waals surface area (Å²) in [4.78, 5) is 28.8. The van der Waals surface area contributed by atoms with Crippen molar-refractivity contribution in [1.29, 1.82) is 0 Å². The predicted molar refractivity (Wildman–Crippen MR) is 129 cm³/mol. The molecule has 1 amide bonds. The quantitative estimate of drug-likeness (QED) is 0.244. The lowest BCUT2D eigenvalue weighted by atomic mass is 9.94. The van der Waals surface area contributed by atoms with Gasteiger partial charge in [-0.25, -0.2) is 0 Å². The minimum Gasteiger partial charge on any atom is -0.507 e. The van der Waals surface area contributed by atoms with Gasteiger partial charge in [0.15, 0.2) is 0 Å². The molecule has 1 aromatic heterocycles. The average molecular weight is 456 g/mol. The minimum absolute atomic E-state index is 0.0834. The molecule has 0 aliphatic carbocycles. The van der Waals surface area contributed by atoms with Gasteiger partial charge in [-0.3, -0.25) is 9.59 Å². The van der Waals surface area contributed by atoms with Gasteiger partial charge in [-0.05, 0) is 46.0 Å². The van der Waals surface area contributed by atoms with Gasteiger partial charge in [0.25, 0.3) is 11.7 Å². The number of benzene rings is 3. The summed E-state index contributed by atoms with van der Waals surface area (Å²) < 4.78 is 5.37. The molecule has 164 valence electrons. The van der Waals surface area contributed by atoms with Gasteiger partial charge in [0, 0.05) is 10.4 Å². The lowest BCUT2D eigenvalue weighted by Crippen LogP contribution is -2.28. The van der Waals surface area contributed by atoms with E-state index in [0.29, 0.717) is 16.9 Å². The van der Waals surface area contributed by atoms with Crippen molar-refractivity contribution in [2.24, 2.45) is 0 Å². The molecule has 1 N–H and O–H groups in total. The summed E-state index contributed by atoms with van der Waals surface area (Å²) in [6.07, 6.45) is 0. The van der Waals surface area contributed by atoms with Crippen LogP contribution in [0.3, 0.4) is 0 Å². The predicted octanol–water partition coefficient (Wildman–Crippen LogP) is 5.53. The highest BCUT2D eigenvalue weighted by atomic mass is 32.1. The lowest BCUT2D eigenvalue weighted by molar-refractivity contribution is -0.140. The van der Waals surface area contributed by atoms with Gasteiger partial charge < -0.3 is 14.7 Å². The van der Waals surface area contributed by atoms with E-state index in [1.807, 2.05) is 66.0 Å². The molecule has 1 aliphatic rings. The van der Waals surface area contributed by atoms with Crippen molar-refractivity contribution in [3.63, 3.8) is 0 Å². The zero-order chi connectivity index (χ0) is 22.9. The Morgan fingerprint density at radius 3 is 2.55 bits per heavy atom. The molecule has 0 spiro atoms. The SMILES string of the molecule is COc1cccc(C2/C(=C(/O)c3ccc4ccccc4c3)C(=O)C(=O)N2Cc2cccs2)c1. The Balaban J connectivity index is 1.68. The number of Topliss-reactive ketones (excluding diaryl/α,β-unsaturated/α-hetero) is 1. The fourth-order valence-electron chi connectivity index (χ4n) is 4.26. The molecule has 0 radical (unpaired) electrons. The van der Waals surface area contributed by atoms with E-state index in [9.17, 15) is 14.7 Å². The maximum atomic E-state index is 13.2. The third-order valence-corrected chi connectivity index (χ3v) is 6.74. The van der Waals surface area contributed by atoms with Crippen LogP contribution in [0, 0.1) is 0 Å². The Kier molecular flexibility index (Phi) is 5.44. The van der Waals surface area contributed by atoms with Gasteiger partial charge in [0.2, 0.25) is 0 Å². The molecule has 5 rings (SSSR count). The summed E-state index contributed by atoms with van der Waals surface area (Å²) in [6, 6.07) is 23.7. The summed E-state index contributed by atoms with van der Waals surface area (Å²) in [5.41, 5.74) is 1.28. The number of aliphatic hydroxyl groups excluding tert-OH is 1. The van der Waals surface area contributed by atoms with Crippen LogP contribution in [0.5, 0.6) is 5.75 Å². The number of nitrogens with zero attached hydrogens (tertiary/aromatic N) is 1. The summed E-state index contributed by atoms with van der Waals surface area (Å²) in [5.74, 6) is -0.885. The molecule has 1 unspecified atom stereocenters. The van der Waals surface area contributed by atoms with Crippen molar-refractivity contribution in [1.82, 2.24) is 4.90 Å². The number of hydrogen-bond donors (Lipinski definition) is 1. The van der Waals surface area contributed by atoms with Gasteiger partial charge in [-0.1, -0.05) is 54.6 Å². The molecule has 0 bridgehead atoms. The molecule has 0 saturated carbocycles. The Hall–Kier alpha value is -3.90. The van der Waals surface area contributed by atoms with Crippen molar-refractivity contribution >= 4 is 39.6 Å². The number of hydrogen-bond acceptors (Lipinski definition) is 5. The fraction of sp³-hybridized carbons (Fsp3) is 0.111. The first-order valence-electron chi connectivity index (χ1n) is 10.5. The van der Waals surface area contributed by atoms with E-state index < -0.39 is 17.7 Å². The van der Waals surface area contributed by atoms with Crippen LogP contribution < -0.4 is 4.74 Å². The molecule has 5 nitrogen and oxygen atoms in total. The summed E-state index contributed by atoms with van der Waals surface area (Å²) in [5, 5.41) is 15.2. The molecular formula is C27H21NO4S. The highest BCUT2D eigenvalue weighted by molar-refractivity contribution is 7.09. The molecule has 2 heterocycles. The van der Waals surface area contributed by atoms with Crippen molar-refractivity contribution < 1.29 is 19.4 Å². The second kappa shape index (κ2) is 8.56. The van der Waals surface area contributed by atoms with Crippen LogP contribution in [0.1, 0.15) is 22.0 Å². The van der Waals surface area contributed by atoms with Crippen LogP contribution in [-0.4, -0.2) is 28.8 Å². The Morgan fingerprint density at radius 1 is 0.970 bits per heavy atom. The smallest absolute Gasteiger partial charge is 0.295 e. The zero-order valence-corrected chi connectivity index (χ0v) is 18.7. The fourth-order valence-corrected chi connectivity index (χ4v) is 4.97. The second-order valence-electron chi connectivity index (χ2n) is 7.84. The van der Waals surface area contributed by atoms with Crippen LogP contribution in [-0.2, 0) is 16.1 Å². The highest BCUT2D eigenvalue weighted by Crippen LogP contribution is 2.41. The lowest BCUT2D eigenvalue weighted by Gasteiger charge is -2.25. The maximum Gasteiger partial charge on any atom is 0.295 e. The van der Waals surface area contributed by atoms with Crippen molar-refractivity contribution in [2.75, 3.05) is 7.11 Å². The number of aliphatic hydroxyl groups is 1. The zero-order valence-electron chi connectivity index (χ0n) is 17.9. The summed E-state index contributed by atoms with van der Waals surface area (Å²) in [6.45, 7) is 0.276. The van der Waals surface area contributed by atoms with Crippen molar-refractivity contribution in [3.8, 4) is 5.75 Å². The van der Waals surface area contributed by atoms with Crippen molar-refractivity contribution in [3.05, 3.63) is 106 Å². The van der Waals surface area contributed by atoms with Crippen molar-refractivity contribution in [2.45, 2.75) is 12.6 Å². The van der Waals surface area contributed by atoms with Crippen LogP contribution in [0.4, 0.5) is 0 Å². The third-order valence-electron chi connectivity index (χ3n) is 5.88. The number of ether oxygens (including phenoxy) is 1. The number of carbonyl (C=O) groups excluding carboxylic acids is 2. The second-order valence-corrected chi connectivity index (χ2v) is 8.88. The largest absolute Gasteiger partial charge is 0.507 e. The number of methoxy groups -OCH3 is 1. The number of rotatable bonds is 5. The Labute approximate surface area is 195 Å². The Bertz CT molecular complexity index is 1390. The van der Waals surface area contributed by atoms with E-state index in [1.165, 1.54) is 16.2 Å². The molecule has 1 fully saturated rings. The Morgan fingerprint density at radius 2 is 1.79 bits per heavy atom. The van der Waals surface area contributed by atoms with Crippen LogP contribution in [0.15, 0.2) is 89.8 Å². The van der Waals surface area contributed by atoms with Crippen LogP contribution >= 0.6 is 11.3 Å². The molecule has 1 aliphatic heterocycles. The molecule has 1 saturated heterocycles. The average Bonchev–Trinajstić information content (AvgIpc) is 3.45. The number of thiophene rings is 1. The molecule has 3 aromatic carbocycles. The highest BCUT2D eigenvalue weighted by Gasteiger charge is 2.46. The van der Waals surface area contributed by atoms with Gasteiger partial charge in [0.05, 0.1) is 25.3 Å². The summed E-state index contributed by atoms with van der Waals surface area (Å²) in [7, 11) is 1.57. The molecular weight excluding hydrogens is 434 g/mol. The summed E-state index contributed by atoms with van der Waals surface area (Å²) >= 11 is 1.52. The van der Waals surface area contributed by atoms with Gasteiger partial charge in [-0.2, -0.15) is 0 Å². The van der Waals surface area contributed by atoms with Gasteiger partial charge in [0.1, 0.15) is 11.5 Å². The molecule has 33 heavy (non-hydrogen) atoms. The number of fused-ring (bicyclic) bond motifs is 1. The first-order chi connectivity index (χ1) is 16.1. The van der Waals surface area contributed by atoms with Crippen LogP contribution in [0.25, 0.3) is 16.5 Å². The van der Waals surface area contributed by atoms with E-state index in [2.05, 4.69) is 0 Å². The maximum absolute atomic E-state index is 13.2. The number of carbonyl (C=O) groups is 2. The van der Waals surface area contributed by atoms with E-state index in [-0.39, 0.29) is 17.9 Å². The monoisotopic (exact) mass is 455 g/mol. The van der Waals surface area contributed by atoms with E-state index >= 15 is 0 Å². The molecule has 4 aromatic rings. The van der Waals surface area contributed by atoms with E-state index in [0.717, 1.165) is 15.6 Å². The number of amides is 1. The molecule has 6 heteroatoms. The van der Waals surface area contributed by atoms with Gasteiger partial charge in [-0.15, -0.1) is 11.3 Å². The topological polar surface area (TPSA) is 66.8 Å². The molecule has 1 atom stereocenters. The van der Waals surface area contributed by atoms with E-state index in [1.54, 1.807) is 25.3 Å². The number of likely N-dealkylation sites (tertiary alicyclic amines) is 1.